The number of rotatable bonds is 3. The highest BCUT2D eigenvalue weighted by atomic mass is 16.5. The molecule has 3 heterocycles. The first-order valence-electron chi connectivity index (χ1n) is 10.9. The van der Waals surface area contributed by atoms with Crippen LogP contribution in [0.3, 0.4) is 0 Å². The predicted octanol–water partition coefficient (Wildman–Crippen LogP) is 4.05. The maximum atomic E-state index is 12.9. The van der Waals surface area contributed by atoms with Crippen molar-refractivity contribution in [2.75, 3.05) is 20.2 Å². The third kappa shape index (κ3) is 3.69. The summed E-state index contributed by atoms with van der Waals surface area (Å²) in [7, 11) is 1.77. The van der Waals surface area contributed by atoms with Crippen LogP contribution < -0.4 is 0 Å². The fourth-order valence-corrected chi connectivity index (χ4v) is 4.64. The number of methoxy groups -OCH3 is 1. The Balaban J connectivity index is 1.72. The van der Waals surface area contributed by atoms with Gasteiger partial charge in [-0.2, -0.15) is 0 Å². The second-order valence-corrected chi connectivity index (χ2v) is 9.25. The largest absolute Gasteiger partial charge is 0.377 e. The normalized spacial score (nSPS) is 20.3. The highest BCUT2D eigenvalue weighted by molar-refractivity contribution is 5.91. The maximum absolute atomic E-state index is 12.9. The summed E-state index contributed by atoms with van der Waals surface area (Å²) in [6.07, 6.45) is 6.45. The molecule has 2 aromatic rings. The molecule has 6 nitrogen and oxygen atoms in total. The second kappa shape index (κ2) is 7.99. The van der Waals surface area contributed by atoms with Crippen LogP contribution >= 0.6 is 0 Å². The molecule has 1 aromatic heterocycles. The van der Waals surface area contributed by atoms with Crippen LogP contribution in [0.2, 0.25) is 0 Å². The molecule has 2 unspecified atom stereocenters. The van der Waals surface area contributed by atoms with Gasteiger partial charge in [0.1, 0.15) is 18.7 Å². The van der Waals surface area contributed by atoms with Crippen molar-refractivity contribution in [2.45, 2.75) is 64.5 Å². The van der Waals surface area contributed by atoms with Gasteiger partial charge >= 0.3 is 0 Å². The highest BCUT2D eigenvalue weighted by Gasteiger charge is 2.35. The number of fused-ring (bicyclic) bond motifs is 3. The highest BCUT2D eigenvalue weighted by Crippen LogP contribution is 2.38. The standard InChI is InChI=1S/C24H32N4O2/c1-6-20(30-5)18-9-7-8-17-16(18)10-11-28-19(17)12-22(25-13-23(28)29)27-14-21(26-15-27)24(2,3)4/h7-9,14-15,19-20H,6,10-13H2,1-5H3. The molecular weight excluding hydrogens is 376 g/mol. The van der Waals surface area contributed by atoms with E-state index in [9.17, 15) is 4.79 Å². The Labute approximate surface area is 179 Å². The van der Waals surface area contributed by atoms with Crippen LogP contribution in [0, 0.1) is 0 Å². The lowest BCUT2D eigenvalue weighted by molar-refractivity contribution is -0.132. The first kappa shape index (κ1) is 20.8. The Morgan fingerprint density at radius 2 is 2.10 bits per heavy atom. The molecule has 2 aliphatic heterocycles. The van der Waals surface area contributed by atoms with E-state index in [0.29, 0.717) is 6.42 Å². The molecule has 1 amide bonds. The topological polar surface area (TPSA) is 59.7 Å². The number of hydrogen-bond acceptors (Lipinski definition) is 4. The van der Waals surface area contributed by atoms with E-state index in [4.69, 9.17) is 4.74 Å². The number of carbonyl (C=O) groups is 1. The molecule has 0 saturated carbocycles. The summed E-state index contributed by atoms with van der Waals surface area (Å²) in [5.74, 6) is 0.997. The number of aliphatic imine (C=N–C) groups is 1. The van der Waals surface area contributed by atoms with Crippen LogP contribution in [-0.2, 0) is 21.4 Å². The van der Waals surface area contributed by atoms with E-state index in [1.54, 1.807) is 7.11 Å². The molecule has 30 heavy (non-hydrogen) atoms. The van der Waals surface area contributed by atoms with Gasteiger partial charge in [-0.05, 0) is 29.5 Å². The summed E-state index contributed by atoms with van der Waals surface area (Å²) in [4.78, 5) is 24.2. The lowest BCUT2D eigenvalue weighted by atomic mass is 9.85. The first-order chi connectivity index (χ1) is 14.3. The average molecular weight is 409 g/mol. The Morgan fingerprint density at radius 1 is 1.30 bits per heavy atom. The molecule has 2 atom stereocenters. The third-order valence-corrected chi connectivity index (χ3v) is 6.33. The van der Waals surface area contributed by atoms with E-state index in [0.717, 1.165) is 30.9 Å². The fraction of sp³-hybridized carbons (Fsp3) is 0.542. The zero-order chi connectivity index (χ0) is 21.5. The van der Waals surface area contributed by atoms with Crippen molar-refractivity contribution in [3.05, 3.63) is 53.1 Å². The van der Waals surface area contributed by atoms with E-state index < -0.39 is 0 Å². The zero-order valence-electron chi connectivity index (χ0n) is 18.7. The first-order valence-corrected chi connectivity index (χ1v) is 10.9. The molecule has 0 bridgehead atoms. The van der Waals surface area contributed by atoms with Gasteiger partial charge in [0.2, 0.25) is 5.91 Å². The molecule has 0 fully saturated rings. The van der Waals surface area contributed by atoms with E-state index >= 15 is 0 Å². The zero-order valence-corrected chi connectivity index (χ0v) is 18.7. The van der Waals surface area contributed by atoms with Crippen molar-refractivity contribution in [1.29, 1.82) is 0 Å². The number of benzene rings is 1. The van der Waals surface area contributed by atoms with E-state index in [1.807, 2.05) is 15.8 Å². The molecule has 1 aromatic carbocycles. The van der Waals surface area contributed by atoms with Crippen molar-refractivity contribution >= 4 is 11.7 Å². The molecule has 4 rings (SSSR count). The molecule has 6 heteroatoms. The number of amides is 1. The van der Waals surface area contributed by atoms with E-state index in [1.165, 1.54) is 16.7 Å². The van der Waals surface area contributed by atoms with E-state index in [-0.39, 0.29) is 30.0 Å². The molecule has 0 aliphatic carbocycles. The summed E-state index contributed by atoms with van der Waals surface area (Å²) in [5.41, 5.74) is 4.82. The van der Waals surface area contributed by atoms with Crippen LogP contribution in [-0.4, -0.2) is 46.4 Å². The SMILES string of the molecule is CCC(OC)c1cccc2c1CCN1C(=O)CN=C(n3cnc(C(C)(C)C)c3)CC21. The van der Waals surface area contributed by atoms with Gasteiger partial charge in [0, 0.05) is 31.7 Å². The number of hydrogen-bond donors (Lipinski definition) is 0. The third-order valence-electron chi connectivity index (χ3n) is 6.33. The maximum Gasteiger partial charge on any atom is 0.244 e. The lowest BCUT2D eigenvalue weighted by Crippen LogP contribution is -2.41. The van der Waals surface area contributed by atoms with E-state index in [2.05, 4.69) is 62.1 Å². The Bertz CT molecular complexity index is 966. The Hall–Kier alpha value is -2.47. The van der Waals surface area contributed by atoms with Gasteiger partial charge in [0.25, 0.3) is 0 Å². The van der Waals surface area contributed by atoms with Gasteiger partial charge in [-0.1, -0.05) is 45.9 Å². The second-order valence-electron chi connectivity index (χ2n) is 9.25. The predicted molar refractivity (Wildman–Crippen MR) is 118 cm³/mol. The molecule has 160 valence electrons. The van der Waals surface area contributed by atoms with Crippen molar-refractivity contribution in [1.82, 2.24) is 14.5 Å². The van der Waals surface area contributed by atoms with Crippen molar-refractivity contribution in [2.24, 2.45) is 4.99 Å². The summed E-state index contributed by atoms with van der Waals surface area (Å²) in [6, 6.07) is 6.44. The molecule has 0 radical (unpaired) electrons. The summed E-state index contributed by atoms with van der Waals surface area (Å²) < 4.78 is 7.74. The molecule has 0 saturated heterocycles. The molecule has 2 aliphatic rings. The number of aromatic nitrogens is 2. The van der Waals surface area contributed by atoms with Gasteiger partial charge in [-0.25, -0.2) is 4.98 Å². The minimum absolute atomic E-state index is 0.00250. The van der Waals surface area contributed by atoms with Gasteiger partial charge in [-0.3, -0.25) is 14.4 Å². The monoisotopic (exact) mass is 408 g/mol. The Kier molecular flexibility index (Phi) is 5.53. The molecule has 0 spiro atoms. The van der Waals surface area contributed by atoms with Crippen LogP contribution in [0.25, 0.3) is 0 Å². The quantitative estimate of drug-likeness (QED) is 0.770. The molecular formula is C24H32N4O2. The number of nitrogens with zero attached hydrogens (tertiary/aromatic N) is 4. The lowest BCUT2D eigenvalue weighted by Gasteiger charge is -2.37. The number of carbonyl (C=O) groups excluding carboxylic acids is 1. The smallest absolute Gasteiger partial charge is 0.244 e. The minimum atomic E-state index is -0.0277. The van der Waals surface area contributed by atoms with Crippen LogP contribution in [0.15, 0.2) is 35.7 Å². The fourth-order valence-electron chi connectivity index (χ4n) is 4.64. The number of imidazole rings is 1. The summed E-state index contributed by atoms with van der Waals surface area (Å²) in [6.45, 7) is 9.53. The van der Waals surface area contributed by atoms with Crippen molar-refractivity contribution in [3.63, 3.8) is 0 Å². The molecule has 0 N–H and O–H groups in total. The van der Waals surface area contributed by atoms with Crippen LogP contribution in [0.4, 0.5) is 0 Å². The summed E-state index contributed by atoms with van der Waals surface area (Å²) in [5, 5.41) is 0. The Morgan fingerprint density at radius 3 is 2.77 bits per heavy atom. The van der Waals surface area contributed by atoms with Gasteiger partial charge in [-0.15, -0.1) is 0 Å². The van der Waals surface area contributed by atoms with Crippen molar-refractivity contribution < 1.29 is 9.53 Å². The van der Waals surface area contributed by atoms with Gasteiger partial charge in [0.15, 0.2) is 0 Å². The van der Waals surface area contributed by atoms with Crippen LogP contribution in [0.5, 0.6) is 0 Å². The summed E-state index contributed by atoms with van der Waals surface area (Å²) >= 11 is 0. The van der Waals surface area contributed by atoms with Gasteiger partial charge < -0.3 is 9.64 Å². The van der Waals surface area contributed by atoms with Crippen LogP contribution in [0.1, 0.15) is 75.1 Å². The van der Waals surface area contributed by atoms with Crippen molar-refractivity contribution in [3.8, 4) is 0 Å². The average Bonchev–Trinajstić information content (AvgIpc) is 3.16. The number of ether oxygens (including phenoxy) is 1. The minimum Gasteiger partial charge on any atom is -0.377 e. The van der Waals surface area contributed by atoms with Gasteiger partial charge in [0.05, 0.1) is 17.8 Å².